The van der Waals surface area contributed by atoms with Crippen LogP contribution in [0.2, 0.25) is 0 Å². The second-order valence-electron chi connectivity index (χ2n) is 5.62. The SMILES string of the molecule is Cc1cc(N)n(CC(=O)NCc2ccccc2Cn2cccn2)n1. The van der Waals surface area contributed by atoms with E-state index in [1.807, 2.05) is 48.1 Å². The van der Waals surface area contributed by atoms with Crippen molar-refractivity contribution in [3.05, 3.63) is 65.6 Å². The molecule has 0 aliphatic heterocycles. The third-order valence-corrected chi connectivity index (χ3v) is 3.71. The van der Waals surface area contributed by atoms with Crippen LogP contribution in [0.25, 0.3) is 0 Å². The van der Waals surface area contributed by atoms with Crippen LogP contribution < -0.4 is 11.1 Å². The molecule has 2 heterocycles. The van der Waals surface area contributed by atoms with E-state index in [9.17, 15) is 4.79 Å². The summed E-state index contributed by atoms with van der Waals surface area (Å²) < 4.78 is 3.36. The molecule has 7 nitrogen and oxygen atoms in total. The maximum atomic E-state index is 12.1. The lowest BCUT2D eigenvalue weighted by molar-refractivity contribution is -0.122. The fourth-order valence-electron chi connectivity index (χ4n) is 2.53. The lowest BCUT2D eigenvalue weighted by Gasteiger charge is -2.11. The number of carbonyl (C=O) groups excluding carboxylic acids is 1. The second-order valence-corrected chi connectivity index (χ2v) is 5.62. The Morgan fingerprint density at radius 2 is 2.04 bits per heavy atom. The Bertz CT molecular complexity index is 821. The quantitative estimate of drug-likeness (QED) is 0.716. The van der Waals surface area contributed by atoms with Gasteiger partial charge < -0.3 is 11.1 Å². The van der Waals surface area contributed by atoms with Gasteiger partial charge in [0.1, 0.15) is 12.4 Å². The summed E-state index contributed by atoms with van der Waals surface area (Å²) in [6, 6.07) is 11.6. The van der Waals surface area contributed by atoms with Gasteiger partial charge in [-0.1, -0.05) is 24.3 Å². The van der Waals surface area contributed by atoms with E-state index in [1.54, 1.807) is 12.3 Å². The van der Waals surface area contributed by atoms with Gasteiger partial charge in [-0.3, -0.25) is 9.48 Å². The molecule has 3 aromatic rings. The highest BCUT2D eigenvalue weighted by Gasteiger charge is 2.09. The fourth-order valence-corrected chi connectivity index (χ4v) is 2.53. The maximum Gasteiger partial charge on any atom is 0.242 e. The van der Waals surface area contributed by atoms with Gasteiger partial charge in [-0.25, -0.2) is 4.68 Å². The molecule has 0 atom stereocenters. The van der Waals surface area contributed by atoms with E-state index < -0.39 is 0 Å². The Hall–Kier alpha value is -3.09. The van der Waals surface area contributed by atoms with Crippen molar-refractivity contribution in [1.82, 2.24) is 24.9 Å². The summed E-state index contributed by atoms with van der Waals surface area (Å²) in [7, 11) is 0. The number of aryl methyl sites for hydroxylation is 1. The van der Waals surface area contributed by atoms with Gasteiger partial charge in [0.2, 0.25) is 5.91 Å². The van der Waals surface area contributed by atoms with Crippen molar-refractivity contribution in [1.29, 1.82) is 0 Å². The number of nitrogens with one attached hydrogen (secondary N) is 1. The van der Waals surface area contributed by atoms with E-state index in [-0.39, 0.29) is 12.5 Å². The molecule has 7 heteroatoms. The van der Waals surface area contributed by atoms with Crippen LogP contribution in [0.4, 0.5) is 5.82 Å². The van der Waals surface area contributed by atoms with Crippen LogP contribution in [0.3, 0.4) is 0 Å². The van der Waals surface area contributed by atoms with Crippen molar-refractivity contribution in [2.24, 2.45) is 0 Å². The molecule has 0 aliphatic carbocycles. The van der Waals surface area contributed by atoms with Crippen molar-refractivity contribution in [2.45, 2.75) is 26.6 Å². The number of carbonyl (C=O) groups is 1. The Morgan fingerprint density at radius 3 is 2.71 bits per heavy atom. The average molecular weight is 324 g/mol. The van der Waals surface area contributed by atoms with Gasteiger partial charge in [0.25, 0.3) is 0 Å². The number of amides is 1. The summed E-state index contributed by atoms with van der Waals surface area (Å²) in [5, 5.41) is 11.3. The molecule has 0 aliphatic rings. The Balaban J connectivity index is 1.62. The fraction of sp³-hybridized carbons (Fsp3) is 0.235. The highest BCUT2D eigenvalue weighted by atomic mass is 16.2. The molecule has 0 fully saturated rings. The first-order chi connectivity index (χ1) is 11.6. The first kappa shape index (κ1) is 15.8. The molecule has 1 aromatic carbocycles. The molecule has 124 valence electrons. The molecule has 1 amide bonds. The predicted molar refractivity (Wildman–Crippen MR) is 91.0 cm³/mol. The Kier molecular flexibility index (Phi) is 4.60. The number of nitrogens with zero attached hydrogens (tertiary/aromatic N) is 4. The summed E-state index contributed by atoms with van der Waals surface area (Å²) >= 11 is 0. The molecule has 0 bridgehead atoms. The lowest BCUT2D eigenvalue weighted by Crippen LogP contribution is -2.28. The van der Waals surface area contributed by atoms with E-state index in [2.05, 4.69) is 15.5 Å². The molecule has 0 spiro atoms. The molecule has 3 N–H and O–H groups in total. The topological polar surface area (TPSA) is 90.8 Å². The number of nitrogens with two attached hydrogens (primary N) is 1. The second kappa shape index (κ2) is 6.99. The summed E-state index contributed by atoms with van der Waals surface area (Å²) in [5.41, 5.74) is 8.79. The molecule has 2 aromatic heterocycles. The first-order valence-corrected chi connectivity index (χ1v) is 7.72. The van der Waals surface area contributed by atoms with Crippen molar-refractivity contribution in [2.75, 3.05) is 5.73 Å². The molecular weight excluding hydrogens is 304 g/mol. The average Bonchev–Trinajstić information content (AvgIpc) is 3.16. The molecule has 0 saturated heterocycles. The molecule has 3 rings (SSSR count). The van der Waals surface area contributed by atoms with Crippen molar-refractivity contribution < 1.29 is 4.79 Å². The minimum atomic E-state index is -0.126. The number of benzene rings is 1. The van der Waals surface area contributed by atoms with E-state index in [0.29, 0.717) is 18.9 Å². The van der Waals surface area contributed by atoms with Crippen LogP contribution in [0.15, 0.2) is 48.8 Å². The van der Waals surface area contributed by atoms with Gasteiger partial charge in [-0.15, -0.1) is 0 Å². The standard InChI is InChI=1S/C17H20N6O/c1-13-9-16(18)23(21-13)12-17(24)19-10-14-5-2-3-6-15(14)11-22-8-4-7-20-22/h2-9H,10-12,18H2,1H3,(H,19,24). The highest BCUT2D eigenvalue weighted by Crippen LogP contribution is 2.10. The highest BCUT2D eigenvalue weighted by molar-refractivity contribution is 5.76. The van der Waals surface area contributed by atoms with E-state index in [0.717, 1.165) is 16.8 Å². The normalized spacial score (nSPS) is 10.7. The van der Waals surface area contributed by atoms with Crippen LogP contribution in [-0.2, 0) is 24.4 Å². The van der Waals surface area contributed by atoms with Crippen LogP contribution >= 0.6 is 0 Å². The zero-order chi connectivity index (χ0) is 16.9. The van der Waals surface area contributed by atoms with Gasteiger partial charge in [0.05, 0.1) is 12.2 Å². The summed E-state index contributed by atoms with van der Waals surface area (Å²) in [6.45, 7) is 3.08. The zero-order valence-electron chi connectivity index (χ0n) is 13.5. The van der Waals surface area contributed by atoms with E-state index in [4.69, 9.17) is 5.73 Å². The Morgan fingerprint density at radius 1 is 1.25 bits per heavy atom. The van der Waals surface area contributed by atoms with Crippen molar-refractivity contribution in [3.8, 4) is 0 Å². The van der Waals surface area contributed by atoms with Crippen LogP contribution in [0.1, 0.15) is 16.8 Å². The molecule has 0 unspecified atom stereocenters. The van der Waals surface area contributed by atoms with Gasteiger partial charge in [-0.05, 0) is 24.1 Å². The van der Waals surface area contributed by atoms with Gasteiger partial charge in [0, 0.05) is 25.0 Å². The summed E-state index contributed by atoms with van der Waals surface area (Å²) in [4.78, 5) is 12.1. The number of rotatable bonds is 6. The number of aromatic nitrogens is 4. The van der Waals surface area contributed by atoms with Crippen molar-refractivity contribution in [3.63, 3.8) is 0 Å². The number of hydrogen-bond acceptors (Lipinski definition) is 4. The third kappa shape index (κ3) is 3.81. The molecule has 0 saturated carbocycles. The first-order valence-electron chi connectivity index (χ1n) is 7.72. The molecular formula is C17H20N6O. The number of hydrogen-bond donors (Lipinski definition) is 2. The van der Waals surface area contributed by atoms with Crippen molar-refractivity contribution >= 4 is 11.7 Å². The van der Waals surface area contributed by atoms with Gasteiger partial charge in [-0.2, -0.15) is 10.2 Å². The zero-order valence-corrected chi connectivity index (χ0v) is 13.5. The van der Waals surface area contributed by atoms with Crippen LogP contribution in [-0.4, -0.2) is 25.5 Å². The monoisotopic (exact) mass is 324 g/mol. The van der Waals surface area contributed by atoms with Crippen LogP contribution in [0, 0.1) is 6.92 Å². The minimum absolute atomic E-state index is 0.112. The molecule has 0 radical (unpaired) electrons. The van der Waals surface area contributed by atoms with Crippen LogP contribution in [0.5, 0.6) is 0 Å². The van der Waals surface area contributed by atoms with E-state index in [1.165, 1.54) is 4.68 Å². The number of anilines is 1. The maximum absolute atomic E-state index is 12.1. The minimum Gasteiger partial charge on any atom is -0.384 e. The molecule has 24 heavy (non-hydrogen) atoms. The van der Waals surface area contributed by atoms with Gasteiger partial charge in [0.15, 0.2) is 0 Å². The smallest absolute Gasteiger partial charge is 0.242 e. The largest absolute Gasteiger partial charge is 0.384 e. The van der Waals surface area contributed by atoms with E-state index >= 15 is 0 Å². The Labute approximate surface area is 140 Å². The summed E-state index contributed by atoms with van der Waals surface area (Å²) in [6.07, 6.45) is 3.67. The third-order valence-electron chi connectivity index (χ3n) is 3.71. The lowest BCUT2D eigenvalue weighted by atomic mass is 10.1. The number of nitrogen functional groups attached to an aromatic ring is 1. The predicted octanol–water partition coefficient (Wildman–Crippen LogP) is 1.33. The van der Waals surface area contributed by atoms with Gasteiger partial charge >= 0.3 is 0 Å². The summed E-state index contributed by atoms with van der Waals surface area (Å²) in [5.74, 6) is 0.362.